The second-order valence-corrected chi connectivity index (χ2v) is 14.7. The number of likely N-dealkylation sites (tertiary alicyclic amines) is 1. The molecule has 6 rings (SSSR count). The van der Waals surface area contributed by atoms with Gasteiger partial charge in [0.2, 0.25) is 0 Å². The molecule has 0 amide bonds. The number of carbonyl (C=O) groups excluding carboxylic acids is 1. The van der Waals surface area contributed by atoms with E-state index in [2.05, 4.69) is 25.7 Å². The highest BCUT2D eigenvalue weighted by molar-refractivity contribution is 5.91. The van der Waals surface area contributed by atoms with Crippen molar-refractivity contribution in [2.75, 3.05) is 66.4 Å². The van der Waals surface area contributed by atoms with Crippen molar-refractivity contribution < 1.29 is 28.5 Å². The summed E-state index contributed by atoms with van der Waals surface area (Å²) < 4.78 is 29.3. The summed E-state index contributed by atoms with van der Waals surface area (Å²) >= 11 is 0. The van der Waals surface area contributed by atoms with E-state index >= 15 is 0 Å². The summed E-state index contributed by atoms with van der Waals surface area (Å²) in [5.41, 5.74) is 5.06. The van der Waals surface area contributed by atoms with Gasteiger partial charge < -0.3 is 23.7 Å². The fraction of sp³-hybridized carbons (Fsp3) is 0.861. The Morgan fingerprint density at radius 2 is 1.72 bits per heavy atom. The van der Waals surface area contributed by atoms with Crippen LogP contribution in [0, 0.1) is 29.1 Å². The minimum atomic E-state index is -0.0320. The minimum Gasteiger partial charge on any atom is -0.382 e. The SMILES string of the molecule is COCCOCCOCCOCCN1CCCC2OC3(CCC4C(=C(C)C3)CC3C4CCC4=CC(=O)CCC43C)C(C)C21. The van der Waals surface area contributed by atoms with Gasteiger partial charge in [-0.05, 0) is 101 Å². The van der Waals surface area contributed by atoms with Crippen molar-refractivity contribution in [1.82, 2.24) is 4.90 Å². The summed E-state index contributed by atoms with van der Waals surface area (Å²) in [7, 11) is 1.68. The molecule has 0 N–H and O–H groups in total. The second-order valence-electron chi connectivity index (χ2n) is 14.7. The summed E-state index contributed by atoms with van der Waals surface area (Å²) in [5, 5.41) is 0. The Balaban J connectivity index is 1.04. The van der Waals surface area contributed by atoms with Crippen molar-refractivity contribution in [2.45, 2.75) is 103 Å². The zero-order chi connectivity index (χ0) is 30.0. The number of methoxy groups -OCH3 is 1. The molecular formula is C36H57NO6. The second kappa shape index (κ2) is 13.7. The van der Waals surface area contributed by atoms with Crippen LogP contribution in [0.2, 0.25) is 0 Å². The van der Waals surface area contributed by atoms with Gasteiger partial charge in [-0.1, -0.05) is 30.6 Å². The lowest BCUT2D eigenvalue weighted by Gasteiger charge is -2.48. The van der Waals surface area contributed by atoms with Gasteiger partial charge in [-0.2, -0.15) is 0 Å². The third-order valence-corrected chi connectivity index (χ3v) is 12.6. The van der Waals surface area contributed by atoms with E-state index in [1.807, 2.05) is 6.08 Å². The van der Waals surface area contributed by atoms with Crippen molar-refractivity contribution in [3.05, 3.63) is 22.8 Å². The van der Waals surface area contributed by atoms with Crippen molar-refractivity contribution in [2.24, 2.45) is 29.1 Å². The number of ketones is 1. The Hall–Kier alpha value is -1.09. The maximum absolute atomic E-state index is 12.2. The van der Waals surface area contributed by atoms with E-state index in [1.54, 1.807) is 18.3 Å². The molecule has 8 atom stereocenters. The van der Waals surface area contributed by atoms with E-state index in [0.29, 0.717) is 75.3 Å². The van der Waals surface area contributed by atoms with Crippen molar-refractivity contribution in [3.8, 4) is 0 Å². The highest BCUT2D eigenvalue weighted by Gasteiger charge is 2.59. The standard InChI is InChI=1S/C36H57NO6/c1-25-24-36(12-10-29-30-8-7-27-22-28(38)9-11-35(27,3)32(30)23-31(25)29)26(2)34-33(43-36)6-5-13-37(34)14-15-40-18-19-42-21-20-41-17-16-39-4/h22,26,29-30,32-34H,5-21,23-24H2,1-4H3. The Morgan fingerprint density at radius 3 is 2.49 bits per heavy atom. The molecule has 4 aliphatic carbocycles. The molecule has 0 bridgehead atoms. The molecule has 43 heavy (non-hydrogen) atoms. The van der Waals surface area contributed by atoms with Gasteiger partial charge in [-0.15, -0.1) is 0 Å². The molecule has 7 heteroatoms. The predicted molar refractivity (Wildman–Crippen MR) is 167 cm³/mol. The molecule has 2 saturated heterocycles. The molecule has 0 radical (unpaired) electrons. The first kappa shape index (κ1) is 31.9. The van der Waals surface area contributed by atoms with Crippen LogP contribution >= 0.6 is 0 Å². The molecule has 0 aromatic carbocycles. The first-order chi connectivity index (χ1) is 20.9. The largest absolute Gasteiger partial charge is 0.382 e. The summed E-state index contributed by atoms with van der Waals surface area (Å²) in [6.45, 7) is 13.9. The quantitative estimate of drug-likeness (QED) is 0.209. The van der Waals surface area contributed by atoms with Gasteiger partial charge in [0.25, 0.3) is 0 Å². The summed E-state index contributed by atoms with van der Waals surface area (Å²) in [4.78, 5) is 14.9. The van der Waals surface area contributed by atoms with E-state index in [9.17, 15) is 4.79 Å². The minimum absolute atomic E-state index is 0.0320. The molecule has 2 saturated carbocycles. The Morgan fingerprint density at radius 1 is 0.977 bits per heavy atom. The van der Waals surface area contributed by atoms with Gasteiger partial charge >= 0.3 is 0 Å². The van der Waals surface area contributed by atoms with Gasteiger partial charge in [0, 0.05) is 32.0 Å². The molecule has 4 fully saturated rings. The number of allylic oxidation sites excluding steroid dienone is 3. The van der Waals surface area contributed by atoms with Crippen LogP contribution in [0.5, 0.6) is 0 Å². The number of piperidine rings is 1. The lowest BCUT2D eigenvalue weighted by Crippen LogP contribution is -2.50. The summed E-state index contributed by atoms with van der Waals surface area (Å²) in [6, 6.07) is 0.488. The van der Waals surface area contributed by atoms with Crippen LogP contribution in [0.15, 0.2) is 22.8 Å². The Bertz CT molecular complexity index is 1060. The van der Waals surface area contributed by atoms with E-state index in [1.165, 1.54) is 44.1 Å². The topological polar surface area (TPSA) is 66.5 Å². The molecule has 0 aromatic rings. The average Bonchev–Trinajstić information content (AvgIpc) is 3.47. The predicted octanol–water partition coefficient (Wildman–Crippen LogP) is 5.76. The van der Waals surface area contributed by atoms with Crippen LogP contribution in [-0.2, 0) is 28.5 Å². The van der Waals surface area contributed by atoms with Crippen molar-refractivity contribution in [3.63, 3.8) is 0 Å². The number of fused-ring (bicyclic) bond motifs is 6. The molecule has 1 spiro atoms. The third kappa shape index (κ3) is 6.33. The molecule has 6 aliphatic rings. The maximum Gasteiger partial charge on any atom is 0.155 e. The van der Waals surface area contributed by atoms with Gasteiger partial charge in [0.1, 0.15) is 0 Å². The number of ether oxygens (including phenoxy) is 5. The molecular weight excluding hydrogens is 542 g/mol. The molecule has 7 nitrogen and oxygen atoms in total. The average molecular weight is 600 g/mol. The van der Waals surface area contributed by atoms with E-state index in [-0.39, 0.29) is 11.0 Å². The number of carbonyl (C=O) groups is 1. The van der Waals surface area contributed by atoms with Crippen molar-refractivity contribution >= 4 is 5.78 Å². The fourth-order valence-corrected chi connectivity index (χ4v) is 10.3. The molecule has 8 unspecified atom stereocenters. The summed E-state index contributed by atoms with van der Waals surface area (Å²) in [5.74, 6) is 3.07. The van der Waals surface area contributed by atoms with Crippen LogP contribution in [0.3, 0.4) is 0 Å². The first-order valence-electron chi connectivity index (χ1n) is 17.4. The van der Waals surface area contributed by atoms with Crippen LogP contribution < -0.4 is 0 Å². The number of hydrogen-bond donors (Lipinski definition) is 0. The van der Waals surface area contributed by atoms with E-state index in [4.69, 9.17) is 23.7 Å². The highest BCUT2D eigenvalue weighted by Crippen LogP contribution is 2.64. The Kier molecular flexibility index (Phi) is 10.2. The van der Waals surface area contributed by atoms with Gasteiger partial charge in [-0.25, -0.2) is 0 Å². The van der Waals surface area contributed by atoms with Crippen LogP contribution in [0.4, 0.5) is 0 Å². The molecule has 2 aliphatic heterocycles. The van der Waals surface area contributed by atoms with E-state index < -0.39 is 0 Å². The summed E-state index contributed by atoms with van der Waals surface area (Å²) in [6.07, 6.45) is 13.8. The van der Waals surface area contributed by atoms with Crippen molar-refractivity contribution in [1.29, 1.82) is 0 Å². The maximum atomic E-state index is 12.2. The zero-order valence-corrected chi connectivity index (χ0v) is 27.4. The molecule has 242 valence electrons. The lowest BCUT2D eigenvalue weighted by atomic mass is 9.56. The molecule has 2 heterocycles. The monoisotopic (exact) mass is 599 g/mol. The first-order valence-corrected chi connectivity index (χ1v) is 17.4. The highest BCUT2D eigenvalue weighted by atomic mass is 16.6. The fourth-order valence-electron chi connectivity index (χ4n) is 10.3. The van der Waals surface area contributed by atoms with Gasteiger partial charge in [0.15, 0.2) is 5.78 Å². The van der Waals surface area contributed by atoms with Crippen LogP contribution in [0.25, 0.3) is 0 Å². The number of rotatable bonds is 12. The number of hydrogen-bond acceptors (Lipinski definition) is 7. The smallest absolute Gasteiger partial charge is 0.155 e. The van der Waals surface area contributed by atoms with E-state index in [0.717, 1.165) is 51.3 Å². The third-order valence-electron chi connectivity index (χ3n) is 12.6. The zero-order valence-electron chi connectivity index (χ0n) is 27.4. The molecule has 0 aromatic heterocycles. The Labute approximate surface area is 260 Å². The lowest BCUT2D eigenvalue weighted by molar-refractivity contribution is -0.116. The normalized spacial score (nSPS) is 39.3. The van der Waals surface area contributed by atoms with Crippen LogP contribution in [-0.4, -0.2) is 94.9 Å². The van der Waals surface area contributed by atoms with Gasteiger partial charge in [0.05, 0.1) is 58.0 Å². The van der Waals surface area contributed by atoms with Crippen LogP contribution in [0.1, 0.15) is 85.0 Å². The number of nitrogens with zero attached hydrogens (tertiary/aromatic N) is 1. The van der Waals surface area contributed by atoms with Gasteiger partial charge in [-0.3, -0.25) is 9.69 Å².